The molecule has 1 unspecified atom stereocenters. The standard InChI is InChI=1S/C14H18N2O4/c1-4-14(13(19)16(5-2)6-3)9-7-8-15-11(17)10(9)12(18)20-14/h7-8H,4-6H2,1-3H3,(H,15,17). The highest BCUT2D eigenvalue weighted by molar-refractivity contribution is 6.01. The number of nitrogens with zero attached hydrogens (tertiary/aromatic N) is 1. The molecule has 1 aromatic heterocycles. The Bertz CT molecular complexity index is 603. The van der Waals surface area contributed by atoms with E-state index in [2.05, 4.69) is 4.98 Å². The first kappa shape index (κ1) is 14.3. The van der Waals surface area contributed by atoms with Crippen molar-refractivity contribution in [2.45, 2.75) is 32.8 Å². The molecule has 1 aromatic rings. The minimum atomic E-state index is -1.37. The van der Waals surface area contributed by atoms with E-state index in [1.54, 1.807) is 17.9 Å². The summed E-state index contributed by atoms with van der Waals surface area (Å²) in [6, 6.07) is 1.58. The van der Waals surface area contributed by atoms with Gasteiger partial charge in [0.2, 0.25) is 5.60 Å². The molecule has 0 saturated heterocycles. The van der Waals surface area contributed by atoms with Crippen molar-refractivity contribution in [3.05, 3.63) is 33.7 Å². The van der Waals surface area contributed by atoms with Gasteiger partial charge in [-0.2, -0.15) is 0 Å². The van der Waals surface area contributed by atoms with Crippen LogP contribution in [0.1, 0.15) is 43.1 Å². The fraction of sp³-hybridized carbons (Fsp3) is 0.500. The Hall–Kier alpha value is -2.11. The number of amides is 1. The van der Waals surface area contributed by atoms with Gasteiger partial charge in [0.1, 0.15) is 5.56 Å². The molecule has 1 aliphatic heterocycles. The molecule has 1 amide bonds. The third-order valence-electron chi connectivity index (χ3n) is 3.76. The molecule has 1 atom stereocenters. The molecule has 1 aliphatic rings. The first-order valence-electron chi connectivity index (χ1n) is 6.76. The van der Waals surface area contributed by atoms with Gasteiger partial charge in [0, 0.05) is 24.8 Å². The van der Waals surface area contributed by atoms with Crippen LogP contribution in [0.25, 0.3) is 0 Å². The number of aromatic nitrogens is 1. The molecule has 0 aliphatic carbocycles. The Morgan fingerprint density at radius 1 is 1.30 bits per heavy atom. The second-order valence-corrected chi connectivity index (χ2v) is 4.64. The summed E-state index contributed by atoms with van der Waals surface area (Å²) >= 11 is 0. The number of carbonyl (C=O) groups excluding carboxylic acids is 2. The van der Waals surface area contributed by atoms with Crippen molar-refractivity contribution in [1.82, 2.24) is 9.88 Å². The lowest BCUT2D eigenvalue weighted by molar-refractivity contribution is -0.152. The maximum absolute atomic E-state index is 12.7. The summed E-state index contributed by atoms with van der Waals surface area (Å²) in [5.74, 6) is -1.01. The van der Waals surface area contributed by atoms with Gasteiger partial charge in [0.05, 0.1) is 0 Å². The lowest BCUT2D eigenvalue weighted by Gasteiger charge is -2.31. The number of H-pyrrole nitrogens is 1. The molecule has 0 fully saturated rings. The smallest absolute Gasteiger partial charge is 0.345 e. The maximum atomic E-state index is 12.7. The Morgan fingerprint density at radius 3 is 2.50 bits per heavy atom. The molecule has 0 saturated carbocycles. The zero-order valence-corrected chi connectivity index (χ0v) is 11.9. The van der Waals surface area contributed by atoms with E-state index in [1.165, 1.54) is 6.20 Å². The molecule has 2 rings (SSSR count). The van der Waals surface area contributed by atoms with E-state index in [1.807, 2.05) is 13.8 Å². The van der Waals surface area contributed by atoms with Gasteiger partial charge in [0.25, 0.3) is 11.5 Å². The highest BCUT2D eigenvalue weighted by Crippen LogP contribution is 2.39. The Kier molecular flexibility index (Phi) is 3.65. The minimum absolute atomic E-state index is 0.0603. The molecule has 0 spiro atoms. The summed E-state index contributed by atoms with van der Waals surface area (Å²) < 4.78 is 5.35. The van der Waals surface area contributed by atoms with Crippen LogP contribution >= 0.6 is 0 Å². The average Bonchev–Trinajstić information content (AvgIpc) is 2.75. The molecule has 20 heavy (non-hydrogen) atoms. The number of ether oxygens (including phenoxy) is 1. The van der Waals surface area contributed by atoms with Crippen LogP contribution in [0.5, 0.6) is 0 Å². The summed E-state index contributed by atoms with van der Waals surface area (Å²) in [5, 5.41) is 0. The molecule has 2 heterocycles. The van der Waals surface area contributed by atoms with Crippen molar-refractivity contribution < 1.29 is 14.3 Å². The van der Waals surface area contributed by atoms with Crippen LogP contribution in [0.4, 0.5) is 0 Å². The lowest BCUT2D eigenvalue weighted by Crippen LogP contribution is -2.47. The molecule has 0 bridgehead atoms. The fourth-order valence-corrected chi connectivity index (χ4v) is 2.62. The van der Waals surface area contributed by atoms with Crippen LogP contribution in [0, 0.1) is 0 Å². The van der Waals surface area contributed by atoms with Crippen LogP contribution < -0.4 is 5.56 Å². The molecule has 6 nitrogen and oxygen atoms in total. The third kappa shape index (κ3) is 1.83. The number of esters is 1. The van der Waals surface area contributed by atoms with E-state index in [4.69, 9.17) is 4.74 Å². The topological polar surface area (TPSA) is 79.5 Å². The molecule has 6 heteroatoms. The van der Waals surface area contributed by atoms with Gasteiger partial charge < -0.3 is 14.6 Å². The molecule has 1 N–H and O–H groups in total. The number of hydrogen-bond donors (Lipinski definition) is 1. The highest BCUT2D eigenvalue weighted by atomic mass is 16.6. The number of cyclic esters (lactones) is 1. The normalized spacial score (nSPS) is 20.4. The Labute approximate surface area is 116 Å². The Balaban J connectivity index is 2.61. The van der Waals surface area contributed by atoms with Gasteiger partial charge in [-0.25, -0.2) is 4.79 Å². The van der Waals surface area contributed by atoms with Crippen molar-refractivity contribution in [1.29, 1.82) is 0 Å². The molecular formula is C14H18N2O4. The first-order chi connectivity index (χ1) is 9.51. The van der Waals surface area contributed by atoms with E-state index in [0.29, 0.717) is 25.1 Å². The van der Waals surface area contributed by atoms with Gasteiger partial charge >= 0.3 is 5.97 Å². The van der Waals surface area contributed by atoms with E-state index in [0.717, 1.165) is 0 Å². The van der Waals surface area contributed by atoms with Crippen LogP contribution in [-0.4, -0.2) is 34.8 Å². The van der Waals surface area contributed by atoms with Crippen molar-refractivity contribution in [3.8, 4) is 0 Å². The van der Waals surface area contributed by atoms with Gasteiger partial charge in [-0.1, -0.05) is 6.92 Å². The second kappa shape index (κ2) is 5.11. The zero-order chi connectivity index (χ0) is 14.9. The predicted octanol–water partition coefficient (Wildman–Crippen LogP) is 1.02. The number of likely N-dealkylation sites (N-methyl/N-ethyl adjacent to an activating group) is 1. The van der Waals surface area contributed by atoms with Crippen LogP contribution in [-0.2, 0) is 15.1 Å². The SMILES string of the molecule is CCN(CC)C(=O)C1(CC)OC(=O)c2c1cc[nH]c2=O. The third-order valence-corrected chi connectivity index (χ3v) is 3.76. The summed E-state index contributed by atoms with van der Waals surface area (Å²) in [7, 11) is 0. The summed E-state index contributed by atoms with van der Waals surface area (Å²) in [6.07, 6.45) is 1.73. The number of aromatic amines is 1. The zero-order valence-electron chi connectivity index (χ0n) is 11.9. The van der Waals surface area contributed by atoms with Gasteiger partial charge in [-0.3, -0.25) is 9.59 Å². The summed E-state index contributed by atoms with van der Waals surface area (Å²) in [4.78, 5) is 40.5. The van der Waals surface area contributed by atoms with Crippen molar-refractivity contribution in [2.75, 3.05) is 13.1 Å². The lowest BCUT2D eigenvalue weighted by atomic mass is 9.89. The average molecular weight is 278 g/mol. The van der Waals surface area contributed by atoms with E-state index in [-0.39, 0.29) is 11.5 Å². The highest BCUT2D eigenvalue weighted by Gasteiger charge is 2.52. The van der Waals surface area contributed by atoms with Crippen LogP contribution in [0.2, 0.25) is 0 Å². The molecular weight excluding hydrogens is 260 g/mol. The predicted molar refractivity (Wildman–Crippen MR) is 72.4 cm³/mol. The number of nitrogens with one attached hydrogen (secondary N) is 1. The minimum Gasteiger partial charge on any atom is -0.440 e. The monoisotopic (exact) mass is 278 g/mol. The van der Waals surface area contributed by atoms with Crippen molar-refractivity contribution in [2.24, 2.45) is 0 Å². The van der Waals surface area contributed by atoms with Gasteiger partial charge in [0.15, 0.2) is 0 Å². The van der Waals surface area contributed by atoms with Gasteiger partial charge in [-0.05, 0) is 26.3 Å². The second-order valence-electron chi connectivity index (χ2n) is 4.64. The first-order valence-corrected chi connectivity index (χ1v) is 6.76. The summed E-state index contributed by atoms with van der Waals surface area (Å²) in [5.41, 5.74) is -1.58. The molecule has 0 aromatic carbocycles. The van der Waals surface area contributed by atoms with Crippen LogP contribution in [0.3, 0.4) is 0 Å². The fourth-order valence-electron chi connectivity index (χ4n) is 2.62. The largest absolute Gasteiger partial charge is 0.440 e. The molecule has 0 radical (unpaired) electrons. The number of fused-ring (bicyclic) bond motifs is 1. The van der Waals surface area contributed by atoms with Crippen molar-refractivity contribution >= 4 is 11.9 Å². The number of hydrogen-bond acceptors (Lipinski definition) is 4. The number of rotatable bonds is 4. The number of pyridine rings is 1. The van der Waals surface area contributed by atoms with Crippen LogP contribution in [0.15, 0.2) is 17.1 Å². The van der Waals surface area contributed by atoms with Crippen molar-refractivity contribution in [3.63, 3.8) is 0 Å². The number of carbonyl (C=O) groups is 2. The maximum Gasteiger partial charge on any atom is 0.345 e. The summed E-state index contributed by atoms with van der Waals surface area (Å²) in [6.45, 7) is 6.53. The Morgan fingerprint density at radius 2 is 1.95 bits per heavy atom. The van der Waals surface area contributed by atoms with Gasteiger partial charge in [-0.15, -0.1) is 0 Å². The quantitative estimate of drug-likeness (QED) is 0.834. The van der Waals surface area contributed by atoms with E-state index >= 15 is 0 Å². The van der Waals surface area contributed by atoms with E-state index < -0.39 is 17.1 Å². The molecule has 108 valence electrons. The van der Waals surface area contributed by atoms with E-state index in [9.17, 15) is 14.4 Å².